The number of methoxy groups -OCH3 is 1. The molecule has 1 heterocycles. The normalized spacial score (nSPS) is 16.0. The third-order valence-corrected chi connectivity index (χ3v) is 7.54. The predicted molar refractivity (Wildman–Crippen MR) is 147 cm³/mol. The largest absolute Gasteiger partial charge is 0.497 e. The molecule has 1 unspecified atom stereocenters. The van der Waals surface area contributed by atoms with Crippen LogP contribution in [0.1, 0.15) is 30.4 Å². The van der Waals surface area contributed by atoms with Crippen molar-refractivity contribution in [3.63, 3.8) is 0 Å². The molecule has 39 heavy (non-hydrogen) atoms. The Kier molecular flexibility index (Phi) is 10.4. The van der Waals surface area contributed by atoms with Crippen molar-refractivity contribution in [3.8, 4) is 5.75 Å². The molecule has 2 amide bonds. The lowest BCUT2D eigenvalue weighted by Gasteiger charge is -2.26. The topological polar surface area (TPSA) is 184 Å². The maximum Gasteiger partial charge on any atom is 0.245 e. The number of amides is 2. The van der Waals surface area contributed by atoms with Crippen molar-refractivity contribution >= 4 is 39.8 Å². The minimum atomic E-state index is -3.88. The van der Waals surface area contributed by atoms with E-state index in [4.69, 9.17) is 15.9 Å². The number of anilines is 1. The second-order valence-corrected chi connectivity index (χ2v) is 10.9. The highest BCUT2D eigenvalue weighted by Gasteiger charge is 2.34. The van der Waals surface area contributed by atoms with Crippen LogP contribution >= 0.6 is 0 Å². The summed E-state index contributed by atoms with van der Waals surface area (Å²) in [6, 6.07) is 11.8. The third kappa shape index (κ3) is 8.79. The number of fused-ring (bicyclic) bond motifs is 1. The number of guanidine groups is 1. The smallest absolute Gasteiger partial charge is 0.245 e. The summed E-state index contributed by atoms with van der Waals surface area (Å²) < 4.78 is 33.7. The SMILES string of the molecule is COc1ccc2c(c1)CC[C@@H](NS(=O)(=O)Cc1ccccc1)C(=O)N2CC(=O)NC(C=O)CCCNC(=N)N. The molecule has 1 aliphatic heterocycles. The van der Waals surface area contributed by atoms with Crippen molar-refractivity contribution in [1.82, 2.24) is 15.4 Å². The molecule has 210 valence electrons. The number of aldehydes is 1. The molecule has 13 heteroatoms. The van der Waals surface area contributed by atoms with E-state index < -0.39 is 40.5 Å². The van der Waals surface area contributed by atoms with Gasteiger partial charge in [-0.05, 0) is 55.0 Å². The highest BCUT2D eigenvalue weighted by atomic mass is 32.2. The first-order valence-electron chi connectivity index (χ1n) is 12.5. The molecule has 0 saturated heterocycles. The average Bonchev–Trinajstić information content (AvgIpc) is 3.02. The van der Waals surface area contributed by atoms with E-state index in [9.17, 15) is 22.8 Å². The van der Waals surface area contributed by atoms with Gasteiger partial charge in [0.15, 0.2) is 5.96 Å². The number of nitrogens with one attached hydrogen (secondary N) is 4. The summed E-state index contributed by atoms with van der Waals surface area (Å²) in [5.41, 5.74) is 7.01. The van der Waals surface area contributed by atoms with Gasteiger partial charge in [0, 0.05) is 12.2 Å². The fourth-order valence-electron chi connectivity index (χ4n) is 4.32. The molecule has 0 saturated carbocycles. The van der Waals surface area contributed by atoms with Gasteiger partial charge in [-0.1, -0.05) is 30.3 Å². The van der Waals surface area contributed by atoms with E-state index in [1.54, 1.807) is 48.5 Å². The van der Waals surface area contributed by atoms with Crippen LogP contribution in [0.25, 0.3) is 0 Å². The van der Waals surface area contributed by atoms with Crippen LogP contribution in [0, 0.1) is 5.41 Å². The fourth-order valence-corrected chi connectivity index (χ4v) is 5.69. The van der Waals surface area contributed by atoms with Crippen molar-refractivity contribution in [2.45, 2.75) is 43.5 Å². The van der Waals surface area contributed by atoms with Gasteiger partial charge < -0.3 is 30.8 Å². The highest BCUT2D eigenvalue weighted by Crippen LogP contribution is 2.30. The summed E-state index contributed by atoms with van der Waals surface area (Å²) in [7, 11) is -2.36. The Hall–Kier alpha value is -3.97. The molecule has 0 spiro atoms. The summed E-state index contributed by atoms with van der Waals surface area (Å²) in [6.07, 6.45) is 1.94. The van der Waals surface area contributed by atoms with Crippen LogP contribution in [0.2, 0.25) is 0 Å². The van der Waals surface area contributed by atoms with Crippen molar-refractivity contribution in [1.29, 1.82) is 5.41 Å². The number of nitrogens with two attached hydrogens (primary N) is 1. The first kappa shape index (κ1) is 29.6. The Morgan fingerprint density at radius 2 is 2.00 bits per heavy atom. The molecule has 1 aliphatic rings. The molecule has 2 atom stereocenters. The molecule has 0 aliphatic carbocycles. The van der Waals surface area contributed by atoms with Gasteiger partial charge in [-0.25, -0.2) is 13.1 Å². The summed E-state index contributed by atoms with van der Waals surface area (Å²) in [4.78, 5) is 39.4. The van der Waals surface area contributed by atoms with E-state index in [1.807, 2.05) is 0 Å². The number of carbonyl (C=O) groups excluding carboxylic acids is 3. The Morgan fingerprint density at radius 3 is 2.67 bits per heavy atom. The predicted octanol–water partition coefficient (Wildman–Crippen LogP) is 0.410. The Morgan fingerprint density at radius 1 is 1.26 bits per heavy atom. The molecule has 0 bridgehead atoms. The average molecular weight is 559 g/mol. The monoisotopic (exact) mass is 558 g/mol. The minimum absolute atomic E-state index is 0.186. The molecule has 0 fully saturated rings. The van der Waals surface area contributed by atoms with Gasteiger partial charge in [-0.15, -0.1) is 0 Å². The number of hydrogen-bond acceptors (Lipinski definition) is 7. The Labute approximate surface area is 227 Å². The van der Waals surface area contributed by atoms with Crippen LogP contribution in [0.5, 0.6) is 5.75 Å². The van der Waals surface area contributed by atoms with Crippen molar-refractivity contribution in [3.05, 3.63) is 59.7 Å². The minimum Gasteiger partial charge on any atom is -0.497 e. The summed E-state index contributed by atoms with van der Waals surface area (Å²) >= 11 is 0. The van der Waals surface area contributed by atoms with E-state index in [-0.39, 0.29) is 18.1 Å². The van der Waals surface area contributed by atoms with E-state index in [2.05, 4.69) is 15.4 Å². The molecule has 2 aromatic rings. The number of hydrogen-bond donors (Lipinski definition) is 5. The Balaban J connectivity index is 1.77. The summed E-state index contributed by atoms with van der Waals surface area (Å²) in [6.45, 7) is -0.0503. The quantitative estimate of drug-likeness (QED) is 0.101. The number of sulfonamides is 1. The van der Waals surface area contributed by atoms with Crippen molar-refractivity contribution in [2.24, 2.45) is 5.73 Å². The van der Waals surface area contributed by atoms with Crippen LogP contribution in [0.3, 0.4) is 0 Å². The van der Waals surface area contributed by atoms with E-state index >= 15 is 0 Å². The van der Waals surface area contributed by atoms with Gasteiger partial charge in [0.25, 0.3) is 0 Å². The maximum atomic E-state index is 13.6. The van der Waals surface area contributed by atoms with Crippen molar-refractivity contribution in [2.75, 3.05) is 25.1 Å². The maximum absolute atomic E-state index is 13.6. The zero-order valence-corrected chi connectivity index (χ0v) is 22.5. The summed E-state index contributed by atoms with van der Waals surface area (Å²) in [5, 5.41) is 12.4. The number of rotatable bonds is 13. The first-order valence-corrected chi connectivity index (χ1v) is 14.1. The molecular weight excluding hydrogens is 524 g/mol. The molecule has 12 nitrogen and oxygen atoms in total. The van der Waals surface area contributed by atoms with Gasteiger partial charge in [0.05, 0.1) is 18.9 Å². The number of carbonyl (C=O) groups is 3. The molecular formula is C26H34N6O6S. The van der Waals surface area contributed by atoms with Gasteiger partial charge in [-0.3, -0.25) is 15.0 Å². The lowest BCUT2D eigenvalue weighted by molar-refractivity contribution is -0.125. The van der Waals surface area contributed by atoms with Crippen LogP contribution in [0.15, 0.2) is 48.5 Å². The van der Waals surface area contributed by atoms with Crippen LogP contribution in [0.4, 0.5) is 5.69 Å². The van der Waals surface area contributed by atoms with Crippen molar-refractivity contribution < 1.29 is 27.5 Å². The fraction of sp³-hybridized carbons (Fsp3) is 0.385. The number of ether oxygens (including phenoxy) is 1. The molecule has 0 radical (unpaired) electrons. The first-order chi connectivity index (χ1) is 18.6. The number of benzene rings is 2. The zero-order chi connectivity index (χ0) is 28.4. The lowest BCUT2D eigenvalue weighted by atomic mass is 10.1. The van der Waals surface area contributed by atoms with Gasteiger partial charge in [0.1, 0.15) is 24.6 Å². The molecule has 3 rings (SSSR count). The Bertz CT molecular complexity index is 1290. The molecule has 2 aromatic carbocycles. The standard InChI is InChI=1S/C26H34N6O6S/c1-38-21-10-12-23-19(14-21)9-11-22(31-39(36,37)17-18-6-3-2-4-7-18)25(35)32(23)15-24(34)30-20(16-33)8-5-13-29-26(27)28/h2-4,6-7,10,12,14,16,20,22,31H,5,8-9,11,13,15,17H2,1H3,(H,30,34)(H4,27,28,29)/t20?,22-/m1/s1. The molecule has 6 N–H and O–H groups in total. The zero-order valence-electron chi connectivity index (χ0n) is 21.7. The highest BCUT2D eigenvalue weighted by molar-refractivity contribution is 7.88. The van der Waals surface area contributed by atoms with Gasteiger partial charge in [0.2, 0.25) is 21.8 Å². The second kappa shape index (κ2) is 13.7. The molecule has 0 aromatic heterocycles. The van der Waals surface area contributed by atoms with Gasteiger partial charge in [-0.2, -0.15) is 0 Å². The van der Waals surface area contributed by atoms with Gasteiger partial charge >= 0.3 is 0 Å². The number of aryl methyl sites for hydroxylation is 1. The number of nitrogens with zero attached hydrogens (tertiary/aromatic N) is 1. The van der Waals surface area contributed by atoms with E-state index in [0.717, 1.165) is 5.56 Å². The second-order valence-electron chi connectivity index (χ2n) is 9.17. The van der Waals surface area contributed by atoms with Crippen LogP contribution in [-0.4, -0.2) is 64.8 Å². The van der Waals surface area contributed by atoms with Crippen LogP contribution < -0.4 is 30.7 Å². The van der Waals surface area contributed by atoms with E-state index in [1.165, 1.54) is 12.0 Å². The van der Waals surface area contributed by atoms with E-state index in [0.29, 0.717) is 49.1 Å². The lowest BCUT2D eigenvalue weighted by Crippen LogP contribution is -2.51. The van der Waals surface area contributed by atoms with Crippen LogP contribution in [-0.2, 0) is 36.6 Å². The summed E-state index contributed by atoms with van der Waals surface area (Å²) in [5.74, 6) is -1.06. The third-order valence-electron chi connectivity index (χ3n) is 6.18.